The molecule has 8 heteroatoms. The molecule has 1 atom stereocenters. The number of carbonyl (C=O) groups excluding carboxylic acids is 1. The van der Waals surface area contributed by atoms with Crippen molar-refractivity contribution in [1.82, 2.24) is 19.4 Å². The summed E-state index contributed by atoms with van der Waals surface area (Å²) in [6, 6.07) is 3.04. The summed E-state index contributed by atoms with van der Waals surface area (Å²) in [5.74, 6) is 0.572. The van der Waals surface area contributed by atoms with E-state index in [4.69, 9.17) is 0 Å². The first-order valence-electron chi connectivity index (χ1n) is 6.88. The third-order valence-corrected chi connectivity index (χ3v) is 5.59. The van der Waals surface area contributed by atoms with Crippen LogP contribution in [-0.2, 0) is 9.84 Å². The van der Waals surface area contributed by atoms with Crippen molar-refractivity contribution < 1.29 is 13.2 Å². The summed E-state index contributed by atoms with van der Waals surface area (Å²) in [7, 11) is -1.37. The maximum atomic E-state index is 12.5. The topological polar surface area (TPSA) is 85.2 Å². The quantitative estimate of drug-likeness (QED) is 0.823. The van der Waals surface area contributed by atoms with E-state index >= 15 is 0 Å². The van der Waals surface area contributed by atoms with Crippen molar-refractivity contribution in [3.63, 3.8) is 0 Å². The minimum Gasteiger partial charge on any atom is -0.338 e. The van der Waals surface area contributed by atoms with Crippen LogP contribution in [0.2, 0.25) is 0 Å². The predicted octanol–water partition coefficient (Wildman–Crippen LogP) is 0.526. The fourth-order valence-electron chi connectivity index (χ4n) is 2.54. The highest BCUT2D eigenvalue weighted by Crippen LogP contribution is 2.19. The van der Waals surface area contributed by atoms with Gasteiger partial charge in [-0.05, 0) is 18.6 Å². The van der Waals surface area contributed by atoms with Crippen molar-refractivity contribution in [2.45, 2.75) is 12.5 Å². The van der Waals surface area contributed by atoms with Gasteiger partial charge in [0.05, 0.1) is 11.5 Å². The fraction of sp³-hybridized carbons (Fsp3) is 0.357. The second-order valence-electron chi connectivity index (χ2n) is 5.35. The van der Waals surface area contributed by atoms with E-state index in [9.17, 15) is 13.2 Å². The molecule has 0 N–H and O–H groups in total. The molecule has 0 bridgehead atoms. The van der Waals surface area contributed by atoms with E-state index < -0.39 is 9.84 Å². The summed E-state index contributed by atoms with van der Waals surface area (Å²) in [6.45, 7) is 0. The van der Waals surface area contributed by atoms with Gasteiger partial charge in [-0.25, -0.2) is 18.4 Å². The molecule has 0 unspecified atom stereocenters. The zero-order valence-corrected chi connectivity index (χ0v) is 12.9. The first-order valence-corrected chi connectivity index (χ1v) is 8.70. The first-order chi connectivity index (χ1) is 10.5. The van der Waals surface area contributed by atoms with Crippen LogP contribution in [0.3, 0.4) is 0 Å². The van der Waals surface area contributed by atoms with Gasteiger partial charge in [0, 0.05) is 37.2 Å². The standard InChI is InChI=1S/C14H16N4O3S/c1-17(12-3-7-22(20,21)9-12)14(19)11-2-4-16-13(8-11)18-6-5-15-10-18/h2,4-6,8,10,12H,3,7,9H2,1H3/t12-/m0/s1. The Bertz CT molecular complexity index is 786. The molecular formula is C14H16N4O3S. The number of amides is 1. The third-order valence-electron chi connectivity index (χ3n) is 3.84. The number of aromatic nitrogens is 3. The number of nitrogens with zero attached hydrogens (tertiary/aromatic N) is 4. The number of sulfone groups is 1. The second-order valence-corrected chi connectivity index (χ2v) is 7.57. The minimum absolute atomic E-state index is 0.0364. The van der Waals surface area contributed by atoms with Gasteiger partial charge in [-0.3, -0.25) is 9.36 Å². The Balaban J connectivity index is 1.82. The summed E-state index contributed by atoms with van der Waals surface area (Å²) in [5.41, 5.74) is 0.477. The highest BCUT2D eigenvalue weighted by Gasteiger charge is 2.33. The van der Waals surface area contributed by atoms with E-state index in [0.717, 1.165) is 0 Å². The molecule has 0 radical (unpaired) electrons. The molecule has 3 rings (SSSR count). The lowest BCUT2D eigenvalue weighted by molar-refractivity contribution is 0.0747. The Labute approximate surface area is 128 Å². The van der Waals surface area contributed by atoms with Crippen molar-refractivity contribution in [2.75, 3.05) is 18.6 Å². The van der Waals surface area contributed by atoms with Crippen LogP contribution in [0.15, 0.2) is 37.1 Å². The van der Waals surface area contributed by atoms with E-state index in [1.165, 1.54) is 4.90 Å². The summed E-state index contributed by atoms with van der Waals surface area (Å²) < 4.78 is 24.8. The van der Waals surface area contributed by atoms with Crippen LogP contribution in [0.1, 0.15) is 16.8 Å². The maximum Gasteiger partial charge on any atom is 0.254 e. The number of hydrogen-bond acceptors (Lipinski definition) is 5. The van der Waals surface area contributed by atoms with Crippen molar-refractivity contribution in [3.8, 4) is 5.82 Å². The number of pyridine rings is 1. The van der Waals surface area contributed by atoms with Gasteiger partial charge in [-0.1, -0.05) is 0 Å². The molecule has 2 aromatic heterocycles. The molecule has 0 aliphatic carbocycles. The van der Waals surface area contributed by atoms with Crippen molar-refractivity contribution in [3.05, 3.63) is 42.6 Å². The van der Waals surface area contributed by atoms with Gasteiger partial charge in [0.2, 0.25) is 0 Å². The smallest absolute Gasteiger partial charge is 0.254 e. The number of hydrogen-bond donors (Lipinski definition) is 0. The fourth-order valence-corrected chi connectivity index (χ4v) is 4.31. The Kier molecular flexibility index (Phi) is 3.69. The van der Waals surface area contributed by atoms with Gasteiger partial charge >= 0.3 is 0 Å². The number of rotatable bonds is 3. The predicted molar refractivity (Wildman–Crippen MR) is 80.5 cm³/mol. The third kappa shape index (κ3) is 2.87. The van der Waals surface area contributed by atoms with Crippen molar-refractivity contribution in [1.29, 1.82) is 0 Å². The van der Waals surface area contributed by atoms with Crippen LogP contribution in [0, 0.1) is 0 Å². The van der Waals surface area contributed by atoms with Gasteiger partial charge in [0.25, 0.3) is 5.91 Å². The van der Waals surface area contributed by atoms with E-state index in [1.807, 2.05) is 0 Å². The Morgan fingerprint density at radius 2 is 2.23 bits per heavy atom. The first kappa shape index (κ1) is 14.7. The molecule has 3 heterocycles. The molecule has 0 spiro atoms. The van der Waals surface area contributed by atoms with Crippen LogP contribution in [0.4, 0.5) is 0 Å². The molecule has 1 fully saturated rings. The van der Waals surface area contributed by atoms with E-state index in [0.29, 0.717) is 17.8 Å². The van der Waals surface area contributed by atoms with E-state index in [2.05, 4.69) is 9.97 Å². The van der Waals surface area contributed by atoms with Crippen LogP contribution in [0.5, 0.6) is 0 Å². The molecule has 116 valence electrons. The molecule has 0 saturated carbocycles. The highest BCUT2D eigenvalue weighted by molar-refractivity contribution is 7.91. The Morgan fingerprint density at radius 3 is 2.86 bits per heavy atom. The summed E-state index contributed by atoms with van der Waals surface area (Å²) in [4.78, 5) is 22.2. The van der Waals surface area contributed by atoms with Gasteiger partial charge in [0.1, 0.15) is 12.1 Å². The SMILES string of the molecule is CN(C(=O)c1ccnc(-n2ccnc2)c1)[C@H]1CCS(=O)(=O)C1. The Morgan fingerprint density at radius 1 is 1.41 bits per heavy atom. The normalized spacial score (nSPS) is 20.0. The zero-order valence-electron chi connectivity index (χ0n) is 12.1. The van der Waals surface area contributed by atoms with E-state index in [1.54, 1.807) is 48.7 Å². The van der Waals surface area contributed by atoms with E-state index in [-0.39, 0.29) is 23.5 Å². The maximum absolute atomic E-state index is 12.5. The number of carbonyl (C=O) groups is 1. The molecule has 1 amide bonds. The van der Waals surface area contributed by atoms with Crippen LogP contribution in [0.25, 0.3) is 5.82 Å². The van der Waals surface area contributed by atoms with Crippen LogP contribution in [-0.4, -0.2) is 58.4 Å². The summed E-state index contributed by atoms with van der Waals surface area (Å²) in [5, 5.41) is 0. The summed E-state index contributed by atoms with van der Waals surface area (Å²) >= 11 is 0. The zero-order chi connectivity index (χ0) is 15.7. The second kappa shape index (κ2) is 5.53. The Hall–Kier alpha value is -2.22. The lowest BCUT2D eigenvalue weighted by atomic mass is 10.2. The molecule has 2 aromatic rings. The molecule has 0 aromatic carbocycles. The summed E-state index contributed by atoms with van der Waals surface area (Å²) in [6.07, 6.45) is 7.02. The lowest BCUT2D eigenvalue weighted by Crippen LogP contribution is -2.37. The lowest BCUT2D eigenvalue weighted by Gasteiger charge is -2.23. The molecule has 22 heavy (non-hydrogen) atoms. The van der Waals surface area contributed by atoms with Gasteiger partial charge < -0.3 is 4.90 Å². The molecular weight excluding hydrogens is 304 g/mol. The largest absolute Gasteiger partial charge is 0.338 e. The minimum atomic E-state index is -3.02. The average Bonchev–Trinajstić information content (AvgIpc) is 3.15. The van der Waals surface area contributed by atoms with Gasteiger partial charge in [-0.2, -0.15) is 0 Å². The van der Waals surface area contributed by atoms with Crippen LogP contribution < -0.4 is 0 Å². The van der Waals surface area contributed by atoms with Gasteiger partial charge in [0.15, 0.2) is 9.84 Å². The molecule has 1 aliphatic heterocycles. The van der Waals surface area contributed by atoms with Crippen molar-refractivity contribution >= 4 is 15.7 Å². The molecule has 1 aliphatic rings. The number of imidazole rings is 1. The van der Waals surface area contributed by atoms with Crippen LogP contribution >= 0.6 is 0 Å². The molecule has 7 nitrogen and oxygen atoms in total. The monoisotopic (exact) mass is 320 g/mol. The van der Waals surface area contributed by atoms with Gasteiger partial charge in [-0.15, -0.1) is 0 Å². The van der Waals surface area contributed by atoms with Crippen molar-refractivity contribution in [2.24, 2.45) is 0 Å². The average molecular weight is 320 g/mol. The molecule has 1 saturated heterocycles. The highest BCUT2D eigenvalue weighted by atomic mass is 32.2.